The second-order valence-corrected chi connectivity index (χ2v) is 7.34. The minimum absolute atomic E-state index is 0.0157. The maximum absolute atomic E-state index is 12.9. The molecule has 0 fully saturated rings. The molecule has 0 unspecified atom stereocenters. The quantitative estimate of drug-likeness (QED) is 0.754. The lowest BCUT2D eigenvalue weighted by Gasteiger charge is -2.18. The largest absolute Gasteiger partial charge is 0.384 e. The molecular formula is C22H27N5O. The third-order valence-electron chi connectivity index (χ3n) is 5.24. The van der Waals surface area contributed by atoms with Gasteiger partial charge in [0.1, 0.15) is 5.82 Å². The predicted octanol–water partition coefficient (Wildman–Crippen LogP) is 3.57. The topological polar surface area (TPSA) is 77.0 Å². The van der Waals surface area contributed by atoms with Crippen molar-refractivity contribution in [2.24, 2.45) is 7.05 Å². The zero-order chi connectivity index (χ0) is 20.6. The number of carbonyl (C=O) groups excluding carboxylic acids is 1. The molecule has 6 heteroatoms. The highest BCUT2D eigenvalue weighted by molar-refractivity contribution is 5.94. The van der Waals surface area contributed by atoms with Crippen LogP contribution in [0.3, 0.4) is 0 Å². The predicted molar refractivity (Wildman–Crippen MR) is 112 cm³/mol. The van der Waals surface area contributed by atoms with Crippen LogP contribution in [-0.2, 0) is 13.6 Å². The molecule has 3 rings (SSSR count). The molecule has 6 nitrogen and oxygen atoms in total. The van der Waals surface area contributed by atoms with Crippen LogP contribution in [0.5, 0.6) is 0 Å². The minimum atomic E-state index is -0.0157. The summed E-state index contributed by atoms with van der Waals surface area (Å²) >= 11 is 0. The third-order valence-corrected chi connectivity index (χ3v) is 5.24. The number of nitrogen functional groups attached to an aromatic ring is 1. The number of aryl methyl sites for hydroxylation is 4. The summed E-state index contributed by atoms with van der Waals surface area (Å²) in [5, 5.41) is 4.43. The molecule has 2 heterocycles. The summed E-state index contributed by atoms with van der Waals surface area (Å²) < 4.78 is 1.85. The van der Waals surface area contributed by atoms with Gasteiger partial charge in [0, 0.05) is 48.7 Å². The molecule has 3 aromatic rings. The van der Waals surface area contributed by atoms with Crippen molar-refractivity contribution in [1.82, 2.24) is 19.7 Å². The lowest BCUT2D eigenvalue weighted by atomic mass is 9.98. The van der Waals surface area contributed by atoms with Crippen LogP contribution >= 0.6 is 0 Å². The number of hydrogen-bond acceptors (Lipinski definition) is 4. The zero-order valence-corrected chi connectivity index (χ0v) is 17.4. The average molecular weight is 377 g/mol. The average Bonchev–Trinajstić information content (AvgIpc) is 2.87. The Morgan fingerprint density at radius 1 is 1.11 bits per heavy atom. The molecular weight excluding hydrogens is 350 g/mol. The Bertz CT molecular complexity index is 1010. The SMILES string of the molecule is Cc1cc(N)nc(C)c1-c1ccc(C(=O)N(C)Cc2c(C)nn(C)c2C)cc1. The number of rotatable bonds is 4. The Labute approximate surface area is 166 Å². The van der Waals surface area contributed by atoms with Crippen LogP contribution in [0.1, 0.15) is 38.6 Å². The molecule has 0 radical (unpaired) electrons. The second kappa shape index (κ2) is 7.46. The van der Waals surface area contributed by atoms with Crippen LogP contribution in [-0.4, -0.2) is 32.6 Å². The van der Waals surface area contributed by atoms with Gasteiger partial charge in [0.25, 0.3) is 5.91 Å². The molecule has 0 aliphatic rings. The molecule has 1 amide bonds. The van der Waals surface area contributed by atoms with Crippen molar-refractivity contribution in [2.45, 2.75) is 34.2 Å². The first-order valence-electron chi connectivity index (χ1n) is 9.27. The van der Waals surface area contributed by atoms with Crippen molar-refractivity contribution in [3.63, 3.8) is 0 Å². The number of nitrogens with zero attached hydrogens (tertiary/aromatic N) is 4. The molecule has 0 spiro atoms. The number of anilines is 1. The first kappa shape index (κ1) is 19.6. The van der Waals surface area contributed by atoms with Crippen LogP contribution in [0.4, 0.5) is 5.82 Å². The van der Waals surface area contributed by atoms with Gasteiger partial charge in [-0.2, -0.15) is 5.10 Å². The lowest BCUT2D eigenvalue weighted by molar-refractivity contribution is 0.0784. The van der Waals surface area contributed by atoms with Gasteiger partial charge in [-0.1, -0.05) is 12.1 Å². The maximum Gasteiger partial charge on any atom is 0.253 e. The fourth-order valence-electron chi connectivity index (χ4n) is 3.65. The van der Waals surface area contributed by atoms with E-state index in [0.29, 0.717) is 17.9 Å². The molecule has 146 valence electrons. The maximum atomic E-state index is 12.9. The normalized spacial score (nSPS) is 10.9. The van der Waals surface area contributed by atoms with Gasteiger partial charge in [0.15, 0.2) is 0 Å². The van der Waals surface area contributed by atoms with E-state index >= 15 is 0 Å². The molecule has 2 aromatic heterocycles. The molecule has 0 aliphatic heterocycles. The third kappa shape index (κ3) is 3.63. The molecule has 0 saturated carbocycles. The summed E-state index contributed by atoms with van der Waals surface area (Å²) in [6.07, 6.45) is 0. The van der Waals surface area contributed by atoms with Crippen molar-refractivity contribution < 1.29 is 4.79 Å². The standard InChI is InChI=1S/C22H27N5O/c1-13-11-20(23)24-15(3)21(13)17-7-9-18(10-8-17)22(28)26(5)12-19-14(2)25-27(6)16(19)4/h7-11H,12H2,1-6H3,(H2,23,24). The summed E-state index contributed by atoms with van der Waals surface area (Å²) in [4.78, 5) is 19.0. The van der Waals surface area contributed by atoms with Crippen LogP contribution in [0.2, 0.25) is 0 Å². The van der Waals surface area contributed by atoms with Gasteiger partial charge in [0.2, 0.25) is 0 Å². The molecule has 2 N–H and O–H groups in total. The number of aromatic nitrogens is 3. The second-order valence-electron chi connectivity index (χ2n) is 7.34. The Balaban J connectivity index is 1.82. The van der Waals surface area contributed by atoms with Gasteiger partial charge in [-0.25, -0.2) is 4.98 Å². The van der Waals surface area contributed by atoms with E-state index in [1.807, 2.05) is 76.8 Å². The first-order chi connectivity index (χ1) is 13.2. The number of amides is 1. The van der Waals surface area contributed by atoms with Crippen molar-refractivity contribution in [3.8, 4) is 11.1 Å². The van der Waals surface area contributed by atoms with Crippen LogP contribution in [0.15, 0.2) is 30.3 Å². The van der Waals surface area contributed by atoms with Crippen molar-refractivity contribution in [2.75, 3.05) is 12.8 Å². The van der Waals surface area contributed by atoms with Crippen LogP contribution in [0, 0.1) is 27.7 Å². The molecule has 1 aromatic carbocycles. The number of hydrogen-bond donors (Lipinski definition) is 1. The number of benzene rings is 1. The molecule has 28 heavy (non-hydrogen) atoms. The lowest BCUT2D eigenvalue weighted by Crippen LogP contribution is -2.26. The van der Waals surface area contributed by atoms with E-state index in [0.717, 1.165) is 39.3 Å². The molecule has 0 bridgehead atoms. The molecule has 0 atom stereocenters. The summed E-state index contributed by atoms with van der Waals surface area (Å²) in [6, 6.07) is 9.54. The van der Waals surface area contributed by atoms with E-state index < -0.39 is 0 Å². The highest BCUT2D eigenvalue weighted by Gasteiger charge is 2.17. The highest BCUT2D eigenvalue weighted by atomic mass is 16.2. The summed E-state index contributed by atoms with van der Waals surface area (Å²) in [5.74, 6) is 0.506. The summed E-state index contributed by atoms with van der Waals surface area (Å²) in [7, 11) is 3.74. The van der Waals surface area contributed by atoms with Gasteiger partial charge in [-0.05, 0) is 57.0 Å². The monoisotopic (exact) mass is 377 g/mol. The first-order valence-corrected chi connectivity index (χ1v) is 9.27. The Morgan fingerprint density at radius 3 is 2.29 bits per heavy atom. The van der Waals surface area contributed by atoms with E-state index in [-0.39, 0.29) is 5.91 Å². The summed E-state index contributed by atoms with van der Waals surface area (Å²) in [5.41, 5.74) is 13.6. The van der Waals surface area contributed by atoms with E-state index in [4.69, 9.17) is 5.73 Å². The van der Waals surface area contributed by atoms with Crippen molar-refractivity contribution in [3.05, 3.63) is 64.1 Å². The summed E-state index contributed by atoms with van der Waals surface area (Å²) in [6.45, 7) is 8.50. The zero-order valence-electron chi connectivity index (χ0n) is 17.4. The Kier molecular flexibility index (Phi) is 5.23. The van der Waals surface area contributed by atoms with Crippen molar-refractivity contribution >= 4 is 11.7 Å². The van der Waals surface area contributed by atoms with Crippen LogP contribution in [0.25, 0.3) is 11.1 Å². The highest BCUT2D eigenvalue weighted by Crippen LogP contribution is 2.28. The number of nitrogens with two attached hydrogens (primary N) is 1. The smallest absolute Gasteiger partial charge is 0.253 e. The number of pyridine rings is 1. The Hall–Kier alpha value is -3.15. The van der Waals surface area contributed by atoms with Gasteiger partial charge < -0.3 is 10.6 Å². The van der Waals surface area contributed by atoms with E-state index in [9.17, 15) is 4.79 Å². The molecule has 0 saturated heterocycles. The van der Waals surface area contributed by atoms with Gasteiger partial charge in [-0.3, -0.25) is 9.48 Å². The number of carbonyl (C=O) groups is 1. The van der Waals surface area contributed by atoms with Crippen LogP contribution < -0.4 is 5.73 Å². The van der Waals surface area contributed by atoms with E-state index in [2.05, 4.69) is 10.1 Å². The minimum Gasteiger partial charge on any atom is -0.384 e. The van der Waals surface area contributed by atoms with E-state index in [1.54, 1.807) is 4.90 Å². The Morgan fingerprint density at radius 2 is 1.75 bits per heavy atom. The van der Waals surface area contributed by atoms with Gasteiger partial charge >= 0.3 is 0 Å². The fourth-order valence-corrected chi connectivity index (χ4v) is 3.65. The van der Waals surface area contributed by atoms with Crippen molar-refractivity contribution in [1.29, 1.82) is 0 Å². The van der Waals surface area contributed by atoms with Gasteiger partial charge in [0.05, 0.1) is 5.69 Å². The fraction of sp³-hybridized carbons (Fsp3) is 0.318. The molecule has 0 aliphatic carbocycles. The van der Waals surface area contributed by atoms with Gasteiger partial charge in [-0.15, -0.1) is 0 Å². The van der Waals surface area contributed by atoms with E-state index in [1.165, 1.54) is 0 Å².